The molecule has 13 heteroatoms. The lowest BCUT2D eigenvalue weighted by Gasteiger charge is -2.33. The van der Waals surface area contributed by atoms with E-state index in [-0.39, 0.29) is 40.9 Å². The fourth-order valence-corrected chi connectivity index (χ4v) is 6.11. The van der Waals surface area contributed by atoms with Crippen LogP contribution in [0.5, 0.6) is 5.75 Å². The Kier molecular flexibility index (Phi) is 11.5. The fourth-order valence-electron chi connectivity index (χ4n) is 4.51. The summed E-state index contributed by atoms with van der Waals surface area (Å²) in [5.41, 5.74) is 0.566. The molecule has 0 radical (unpaired) electrons. The molecule has 1 atom stereocenters. The maximum absolute atomic E-state index is 14.2. The van der Waals surface area contributed by atoms with Crippen LogP contribution in [0.25, 0.3) is 0 Å². The van der Waals surface area contributed by atoms with Gasteiger partial charge in [0.1, 0.15) is 18.3 Å². The van der Waals surface area contributed by atoms with E-state index in [1.165, 1.54) is 49.3 Å². The largest absolute Gasteiger partial charge is 0.495 e. The summed E-state index contributed by atoms with van der Waals surface area (Å²) in [7, 11) is -3.27. The molecular formula is C30H35ClN4O7S. The van der Waals surface area contributed by atoms with Crippen molar-refractivity contribution in [3.63, 3.8) is 0 Å². The summed E-state index contributed by atoms with van der Waals surface area (Å²) in [6, 6.07) is 15.9. The molecule has 0 aliphatic carbocycles. The minimum absolute atomic E-state index is 0.0360. The smallest absolute Gasteiger partial charge is 0.273 e. The van der Waals surface area contributed by atoms with E-state index in [9.17, 15) is 28.1 Å². The topological polar surface area (TPSA) is 139 Å². The average Bonchev–Trinajstić information content (AvgIpc) is 2.98. The zero-order valence-corrected chi connectivity index (χ0v) is 26.0. The quantitative estimate of drug-likeness (QED) is 0.193. The molecule has 0 saturated heterocycles. The number of methoxy groups -OCH3 is 1. The van der Waals surface area contributed by atoms with Crippen molar-refractivity contribution in [3.05, 3.63) is 93.0 Å². The summed E-state index contributed by atoms with van der Waals surface area (Å²) in [5.74, 6) is -0.933. The maximum atomic E-state index is 14.2. The SMILES string of the molecule is CCCNC(=O)C(CC)N(Cc1ccccc1)C(=O)CN(c1cc(Cl)ccc1OC)S(=O)(=O)c1ccc(C)c([N+](=O)[O-])c1. The summed E-state index contributed by atoms with van der Waals surface area (Å²) < 4.78 is 34.6. The van der Waals surface area contributed by atoms with E-state index in [1.807, 2.05) is 13.0 Å². The summed E-state index contributed by atoms with van der Waals surface area (Å²) in [6.07, 6.45) is 0.962. The number of rotatable bonds is 14. The van der Waals surface area contributed by atoms with Gasteiger partial charge in [-0.05, 0) is 49.6 Å². The number of hydrogen-bond donors (Lipinski definition) is 1. The number of amides is 2. The average molecular weight is 631 g/mol. The Morgan fingerprint density at radius 1 is 1.07 bits per heavy atom. The highest BCUT2D eigenvalue weighted by atomic mass is 35.5. The Morgan fingerprint density at radius 2 is 1.77 bits per heavy atom. The van der Waals surface area contributed by atoms with Crippen LogP contribution in [0.2, 0.25) is 5.02 Å². The summed E-state index contributed by atoms with van der Waals surface area (Å²) in [6.45, 7) is 4.87. The number of aryl methyl sites for hydroxylation is 1. The van der Waals surface area contributed by atoms with Crippen molar-refractivity contribution in [2.24, 2.45) is 0 Å². The van der Waals surface area contributed by atoms with E-state index in [1.54, 1.807) is 31.2 Å². The van der Waals surface area contributed by atoms with Crippen LogP contribution < -0.4 is 14.4 Å². The first-order chi connectivity index (χ1) is 20.4. The molecule has 3 aromatic rings. The van der Waals surface area contributed by atoms with Crippen LogP contribution in [-0.4, -0.2) is 56.3 Å². The second kappa shape index (κ2) is 14.8. The van der Waals surface area contributed by atoms with Crippen LogP contribution >= 0.6 is 11.6 Å². The molecule has 230 valence electrons. The number of carbonyl (C=O) groups is 2. The molecule has 1 N–H and O–H groups in total. The zero-order valence-electron chi connectivity index (χ0n) is 24.4. The van der Waals surface area contributed by atoms with Gasteiger partial charge in [0.15, 0.2) is 0 Å². The lowest BCUT2D eigenvalue weighted by atomic mass is 10.1. The van der Waals surface area contributed by atoms with E-state index in [4.69, 9.17) is 16.3 Å². The van der Waals surface area contributed by atoms with Gasteiger partial charge in [-0.15, -0.1) is 0 Å². The van der Waals surface area contributed by atoms with Crippen LogP contribution in [0, 0.1) is 17.0 Å². The molecule has 1 unspecified atom stereocenters. The fraction of sp³-hybridized carbons (Fsp3) is 0.333. The van der Waals surface area contributed by atoms with Gasteiger partial charge in [-0.2, -0.15) is 0 Å². The van der Waals surface area contributed by atoms with Gasteiger partial charge in [0.05, 0.1) is 22.6 Å². The number of ether oxygens (including phenoxy) is 1. The first-order valence-corrected chi connectivity index (χ1v) is 15.5. The summed E-state index contributed by atoms with van der Waals surface area (Å²) >= 11 is 6.26. The van der Waals surface area contributed by atoms with Crippen molar-refractivity contribution >= 4 is 44.8 Å². The van der Waals surface area contributed by atoms with Gasteiger partial charge in [0.2, 0.25) is 11.8 Å². The Morgan fingerprint density at radius 3 is 2.37 bits per heavy atom. The van der Waals surface area contributed by atoms with Crippen molar-refractivity contribution < 1.29 is 27.7 Å². The third kappa shape index (κ3) is 8.02. The third-order valence-corrected chi connectivity index (χ3v) is 8.78. The highest BCUT2D eigenvalue weighted by molar-refractivity contribution is 7.92. The molecule has 0 aliphatic rings. The van der Waals surface area contributed by atoms with E-state index < -0.39 is 44.0 Å². The van der Waals surface area contributed by atoms with Gasteiger partial charge in [0.25, 0.3) is 15.7 Å². The van der Waals surface area contributed by atoms with Crippen LogP contribution in [0.1, 0.15) is 37.8 Å². The number of carbonyl (C=O) groups excluding carboxylic acids is 2. The van der Waals surface area contributed by atoms with E-state index in [0.717, 1.165) is 15.9 Å². The Hall–Kier alpha value is -4.16. The molecule has 2 amide bonds. The number of nitrogens with zero attached hydrogens (tertiary/aromatic N) is 3. The Bertz CT molecular complexity index is 1570. The minimum Gasteiger partial charge on any atom is -0.495 e. The number of benzene rings is 3. The number of nitro benzene ring substituents is 1. The highest BCUT2D eigenvalue weighted by Crippen LogP contribution is 2.36. The third-order valence-electron chi connectivity index (χ3n) is 6.78. The number of sulfonamides is 1. The van der Waals surface area contributed by atoms with E-state index in [0.29, 0.717) is 13.0 Å². The second-order valence-electron chi connectivity index (χ2n) is 9.76. The van der Waals surface area contributed by atoms with Crippen molar-refractivity contribution in [2.75, 3.05) is 24.5 Å². The highest BCUT2D eigenvalue weighted by Gasteiger charge is 2.35. The number of anilines is 1. The summed E-state index contributed by atoms with van der Waals surface area (Å²) in [5, 5.41) is 14.6. The lowest BCUT2D eigenvalue weighted by molar-refractivity contribution is -0.385. The van der Waals surface area contributed by atoms with E-state index in [2.05, 4.69) is 5.32 Å². The predicted molar refractivity (Wildman–Crippen MR) is 165 cm³/mol. The first-order valence-electron chi connectivity index (χ1n) is 13.7. The van der Waals surface area contributed by atoms with Gasteiger partial charge < -0.3 is 15.0 Å². The monoisotopic (exact) mass is 630 g/mol. The molecule has 11 nitrogen and oxygen atoms in total. The van der Waals surface area contributed by atoms with Gasteiger partial charge in [-0.1, -0.05) is 61.8 Å². The number of nitro groups is 1. The van der Waals surface area contributed by atoms with Crippen molar-refractivity contribution in [1.29, 1.82) is 0 Å². The zero-order chi connectivity index (χ0) is 31.7. The Balaban J connectivity index is 2.17. The molecule has 43 heavy (non-hydrogen) atoms. The minimum atomic E-state index is -4.60. The number of hydrogen-bond acceptors (Lipinski definition) is 7. The molecule has 0 saturated carbocycles. The van der Waals surface area contributed by atoms with Gasteiger partial charge in [-0.3, -0.25) is 24.0 Å². The van der Waals surface area contributed by atoms with Crippen molar-refractivity contribution in [2.45, 2.75) is 51.1 Å². The normalized spacial score (nSPS) is 11.8. The molecule has 0 spiro atoms. The molecule has 3 aromatic carbocycles. The van der Waals surface area contributed by atoms with Crippen molar-refractivity contribution in [3.8, 4) is 5.75 Å². The van der Waals surface area contributed by atoms with Crippen LogP contribution in [0.3, 0.4) is 0 Å². The molecular weight excluding hydrogens is 596 g/mol. The molecule has 3 rings (SSSR count). The molecule has 0 fully saturated rings. The van der Waals surface area contributed by atoms with Gasteiger partial charge in [0, 0.05) is 29.7 Å². The molecule has 0 heterocycles. The van der Waals surface area contributed by atoms with Crippen molar-refractivity contribution in [1.82, 2.24) is 10.2 Å². The van der Waals surface area contributed by atoms with Crippen LogP contribution in [0.15, 0.2) is 71.6 Å². The standard InChI is InChI=1S/C30H35ClN4O7S/c1-5-16-32-30(37)25(6-2)33(19-22-10-8-7-9-11-22)29(36)20-34(27-17-23(31)13-15-28(27)42-4)43(40,41)24-14-12-21(3)26(18-24)35(38)39/h7-15,17-18,25H,5-6,16,19-20H2,1-4H3,(H,32,37). The van der Waals surface area contributed by atoms with E-state index >= 15 is 0 Å². The second-order valence-corrected chi connectivity index (χ2v) is 12.1. The lowest BCUT2D eigenvalue weighted by Crippen LogP contribution is -2.52. The molecule has 0 aliphatic heterocycles. The van der Waals surface area contributed by atoms with Crippen LogP contribution in [-0.2, 0) is 26.2 Å². The van der Waals surface area contributed by atoms with Gasteiger partial charge >= 0.3 is 0 Å². The first kappa shape index (κ1) is 33.3. The van der Waals surface area contributed by atoms with Crippen LogP contribution in [0.4, 0.5) is 11.4 Å². The Labute approximate surface area is 256 Å². The van der Waals surface area contributed by atoms with Gasteiger partial charge in [-0.25, -0.2) is 8.42 Å². The summed E-state index contributed by atoms with van der Waals surface area (Å²) in [4.78, 5) is 39.2. The molecule has 0 bridgehead atoms. The predicted octanol–water partition coefficient (Wildman–Crippen LogP) is 5.09. The maximum Gasteiger partial charge on any atom is 0.273 e. The number of nitrogens with one attached hydrogen (secondary N) is 1. The number of halogens is 1. The molecule has 0 aromatic heterocycles.